The van der Waals surface area contributed by atoms with Crippen molar-refractivity contribution in [2.45, 2.75) is 32.7 Å². The number of rotatable bonds is 7. The van der Waals surface area contributed by atoms with E-state index in [9.17, 15) is 4.79 Å². The maximum absolute atomic E-state index is 12.9. The van der Waals surface area contributed by atoms with E-state index in [1.165, 1.54) is 5.56 Å². The minimum Gasteiger partial charge on any atom is -0.497 e. The summed E-state index contributed by atoms with van der Waals surface area (Å²) in [5, 5.41) is 0.481. The lowest BCUT2D eigenvalue weighted by atomic mass is 10.0. The van der Waals surface area contributed by atoms with Gasteiger partial charge in [0.15, 0.2) is 11.5 Å². The molecule has 0 fully saturated rings. The first-order chi connectivity index (χ1) is 13.5. The molecule has 5 nitrogen and oxygen atoms in total. The smallest absolute Gasteiger partial charge is 0.227 e. The van der Waals surface area contributed by atoms with E-state index in [1.807, 2.05) is 42.2 Å². The van der Waals surface area contributed by atoms with E-state index in [0.29, 0.717) is 36.3 Å². The van der Waals surface area contributed by atoms with Gasteiger partial charge in [-0.15, -0.1) is 0 Å². The lowest BCUT2D eigenvalue weighted by molar-refractivity contribution is -0.132. The van der Waals surface area contributed by atoms with Crippen LogP contribution in [-0.4, -0.2) is 43.7 Å². The van der Waals surface area contributed by atoms with Gasteiger partial charge in [0.1, 0.15) is 19.0 Å². The van der Waals surface area contributed by atoms with Crippen LogP contribution in [-0.2, 0) is 17.6 Å². The number of hydrogen-bond acceptors (Lipinski definition) is 4. The molecule has 3 rings (SSSR count). The Labute approximate surface area is 171 Å². The van der Waals surface area contributed by atoms with E-state index < -0.39 is 0 Å². The molecule has 28 heavy (non-hydrogen) atoms. The van der Waals surface area contributed by atoms with E-state index in [4.69, 9.17) is 25.8 Å². The molecular weight excluding hydrogens is 378 g/mol. The number of amides is 1. The number of nitrogens with zero attached hydrogens (tertiary/aromatic N) is 1. The van der Waals surface area contributed by atoms with Crippen LogP contribution < -0.4 is 14.2 Å². The highest BCUT2D eigenvalue weighted by atomic mass is 35.5. The number of fused-ring (bicyclic) bond motifs is 1. The third-order valence-corrected chi connectivity index (χ3v) is 5.18. The summed E-state index contributed by atoms with van der Waals surface area (Å²) in [6, 6.07) is 11.7. The number of methoxy groups -OCH3 is 1. The topological polar surface area (TPSA) is 48.0 Å². The average molecular weight is 404 g/mol. The molecule has 0 aliphatic carbocycles. The van der Waals surface area contributed by atoms with Gasteiger partial charge in [0.25, 0.3) is 0 Å². The molecule has 1 aliphatic rings. The van der Waals surface area contributed by atoms with Crippen molar-refractivity contribution in [2.75, 3.05) is 26.9 Å². The van der Waals surface area contributed by atoms with Crippen molar-refractivity contribution in [2.24, 2.45) is 0 Å². The standard InChI is InChI=1S/C22H26ClNO4/c1-4-24(15(2)11-16-5-7-18(26-3)8-6-16)21(25)14-17-12-19(23)22-20(13-17)27-9-10-28-22/h5-8,12-13,15H,4,9-11,14H2,1-3H3. The molecule has 0 N–H and O–H groups in total. The summed E-state index contributed by atoms with van der Waals surface area (Å²) in [6.07, 6.45) is 1.06. The molecule has 0 aromatic heterocycles. The van der Waals surface area contributed by atoms with E-state index in [2.05, 4.69) is 6.92 Å². The number of likely N-dealkylation sites (N-methyl/N-ethyl adjacent to an activating group) is 1. The molecule has 1 unspecified atom stereocenters. The van der Waals surface area contributed by atoms with E-state index in [0.717, 1.165) is 17.7 Å². The second kappa shape index (κ2) is 9.20. The first-order valence-corrected chi connectivity index (χ1v) is 9.90. The fourth-order valence-electron chi connectivity index (χ4n) is 3.49. The van der Waals surface area contributed by atoms with Gasteiger partial charge in [-0.2, -0.15) is 0 Å². The van der Waals surface area contributed by atoms with Crippen molar-refractivity contribution in [1.82, 2.24) is 4.90 Å². The van der Waals surface area contributed by atoms with Gasteiger partial charge < -0.3 is 19.1 Å². The van der Waals surface area contributed by atoms with E-state index in [-0.39, 0.29) is 18.4 Å². The van der Waals surface area contributed by atoms with Crippen molar-refractivity contribution < 1.29 is 19.0 Å². The molecule has 2 aromatic carbocycles. The van der Waals surface area contributed by atoms with Gasteiger partial charge >= 0.3 is 0 Å². The van der Waals surface area contributed by atoms with Crippen LogP contribution in [0.5, 0.6) is 17.2 Å². The van der Waals surface area contributed by atoms with Crippen LogP contribution in [0.1, 0.15) is 25.0 Å². The Kier molecular flexibility index (Phi) is 6.68. The third kappa shape index (κ3) is 4.71. The van der Waals surface area contributed by atoms with Gasteiger partial charge in [-0.05, 0) is 55.7 Å². The van der Waals surface area contributed by atoms with Crippen LogP contribution >= 0.6 is 11.6 Å². The van der Waals surface area contributed by atoms with E-state index in [1.54, 1.807) is 13.2 Å². The summed E-state index contributed by atoms with van der Waals surface area (Å²) in [4.78, 5) is 14.8. The van der Waals surface area contributed by atoms with Crippen LogP contribution in [0.2, 0.25) is 5.02 Å². The summed E-state index contributed by atoms with van der Waals surface area (Å²) in [5.41, 5.74) is 2.00. The number of benzene rings is 2. The normalized spacial score (nSPS) is 13.7. The fraction of sp³-hybridized carbons (Fsp3) is 0.409. The van der Waals surface area contributed by atoms with Gasteiger partial charge in [-0.3, -0.25) is 4.79 Å². The predicted octanol–water partition coefficient (Wildman–Crippen LogP) is 4.14. The lowest BCUT2D eigenvalue weighted by Gasteiger charge is -2.29. The highest BCUT2D eigenvalue weighted by molar-refractivity contribution is 6.32. The molecule has 0 saturated heterocycles. The number of halogens is 1. The summed E-state index contributed by atoms with van der Waals surface area (Å²) >= 11 is 6.30. The third-order valence-electron chi connectivity index (χ3n) is 4.90. The largest absolute Gasteiger partial charge is 0.497 e. The van der Waals surface area contributed by atoms with Crippen molar-refractivity contribution in [3.05, 3.63) is 52.5 Å². The Morgan fingerprint density at radius 1 is 1.18 bits per heavy atom. The van der Waals surface area contributed by atoms with Crippen LogP contribution in [0.15, 0.2) is 36.4 Å². The van der Waals surface area contributed by atoms with Crippen LogP contribution in [0.3, 0.4) is 0 Å². The Morgan fingerprint density at radius 3 is 2.57 bits per heavy atom. The molecule has 150 valence electrons. The maximum atomic E-state index is 12.9. The van der Waals surface area contributed by atoms with Gasteiger partial charge in [0, 0.05) is 12.6 Å². The van der Waals surface area contributed by atoms with Gasteiger partial charge in [-0.1, -0.05) is 23.7 Å². The highest BCUT2D eigenvalue weighted by Gasteiger charge is 2.22. The number of hydrogen-bond donors (Lipinski definition) is 0. The highest BCUT2D eigenvalue weighted by Crippen LogP contribution is 2.38. The Bertz CT molecular complexity index is 822. The molecule has 2 aromatic rings. The van der Waals surface area contributed by atoms with Crippen molar-refractivity contribution >= 4 is 17.5 Å². The molecule has 1 heterocycles. The monoisotopic (exact) mass is 403 g/mol. The molecule has 0 spiro atoms. The van der Waals surface area contributed by atoms with Crippen molar-refractivity contribution in [1.29, 1.82) is 0 Å². The summed E-state index contributed by atoms with van der Waals surface area (Å²) in [7, 11) is 1.65. The lowest BCUT2D eigenvalue weighted by Crippen LogP contribution is -2.40. The Hall–Kier alpha value is -2.40. The summed E-state index contributed by atoms with van der Waals surface area (Å²) < 4.78 is 16.4. The number of carbonyl (C=O) groups is 1. The van der Waals surface area contributed by atoms with Gasteiger partial charge in [0.05, 0.1) is 18.6 Å². The maximum Gasteiger partial charge on any atom is 0.227 e. The molecule has 6 heteroatoms. The Morgan fingerprint density at radius 2 is 1.89 bits per heavy atom. The van der Waals surface area contributed by atoms with E-state index >= 15 is 0 Å². The first kappa shape index (κ1) is 20.3. The Balaban J connectivity index is 1.68. The fourth-order valence-corrected chi connectivity index (χ4v) is 3.78. The molecule has 1 aliphatic heterocycles. The van der Waals surface area contributed by atoms with Crippen LogP contribution in [0, 0.1) is 0 Å². The van der Waals surface area contributed by atoms with Crippen LogP contribution in [0.25, 0.3) is 0 Å². The average Bonchev–Trinajstić information content (AvgIpc) is 2.69. The van der Waals surface area contributed by atoms with Crippen molar-refractivity contribution in [3.8, 4) is 17.2 Å². The summed E-state index contributed by atoms with van der Waals surface area (Å²) in [6.45, 7) is 5.69. The minimum absolute atomic E-state index is 0.0660. The zero-order valence-electron chi connectivity index (χ0n) is 16.5. The molecular formula is C22H26ClNO4. The summed E-state index contributed by atoms with van der Waals surface area (Å²) in [5.74, 6) is 2.06. The first-order valence-electron chi connectivity index (χ1n) is 9.52. The zero-order valence-corrected chi connectivity index (χ0v) is 17.3. The number of carbonyl (C=O) groups excluding carboxylic acids is 1. The predicted molar refractivity (Wildman–Crippen MR) is 110 cm³/mol. The molecule has 0 saturated carbocycles. The van der Waals surface area contributed by atoms with Gasteiger partial charge in [0.2, 0.25) is 5.91 Å². The molecule has 0 radical (unpaired) electrons. The second-order valence-corrected chi connectivity index (χ2v) is 7.27. The van der Waals surface area contributed by atoms with Gasteiger partial charge in [-0.25, -0.2) is 0 Å². The van der Waals surface area contributed by atoms with Crippen LogP contribution in [0.4, 0.5) is 0 Å². The molecule has 1 atom stereocenters. The minimum atomic E-state index is 0.0660. The number of ether oxygens (including phenoxy) is 3. The molecule has 1 amide bonds. The second-order valence-electron chi connectivity index (χ2n) is 6.86. The zero-order chi connectivity index (χ0) is 20.1. The SMILES string of the molecule is CCN(C(=O)Cc1cc(Cl)c2c(c1)OCCO2)C(C)Cc1ccc(OC)cc1. The van der Waals surface area contributed by atoms with Crippen molar-refractivity contribution in [3.63, 3.8) is 0 Å². The quantitative estimate of drug-likeness (QED) is 0.697. The molecule has 0 bridgehead atoms.